The molecule has 1 N–H and O–H groups in total. The van der Waals surface area contributed by atoms with E-state index >= 15 is 0 Å². The number of amides is 1. The number of carbonyl (C=O) groups is 1. The van der Waals surface area contributed by atoms with Crippen LogP contribution in [-0.4, -0.2) is 25.2 Å². The third kappa shape index (κ3) is 3.54. The largest absolute Gasteiger partial charge is 0.368 e. The summed E-state index contributed by atoms with van der Waals surface area (Å²) in [4.78, 5) is 11.9. The van der Waals surface area contributed by atoms with E-state index < -0.39 is 0 Å². The second kappa shape index (κ2) is 6.17. The van der Waals surface area contributed by atoms with E-state index in [1.807, 2.05) is 30.3 Å². The first kappa shape index (κ1) is 12.6. The highest BCUT2D eigenvalue weighted by atomic mass is 79.9. The first-order valence-electron chi connectivity index (χ1n) is 5.85. The van der Waals surface area contributed by atoms with Crippen molar-refractivity contribution in [2.75, 3.05) is 13.2 Å². The van der Waals surface area contributed by atoms with Crippen LogP contribution in [0.2, 0.25) is 0 Å². The maximum atomic E-state index is 11.7. The Bertz CT molecular complexity index is 363. The van der Waals surface area contributed by atoms with Crippen LogP contribution < -0.4 is 5.32 Å². The molecule has 0 spiro atoms. The van der Waals surface area contributed by atoms with Crippen molar-refractivity contribution in [1.82, 2.24) is 5.32 Å². The van der Waals surface area contributed by atoms with Crippen LogP contribution in [-0.2, 0) is 9.53 Å². The second-order valence-corrected chi connectivity index (χ2v) is 5.23. The zero-order chi connectivity index (χ0) is 12.1. The highest BCUT2D eigenvalue weighted by Gasteiger charge is 2.23. The lowest BCUT2D eigenvalue weighted by Crippen LogP contribution is -2.35. The van der Waals surface area contributed by atoms with Gasteiger partial charge in [0.2, 0.25) is 5.91 Å². The second-order valence-electron chi connectivity index (χ2n) is 4.13. The summed E-state index contributed by atoms with van der Waals surface area (Å²) in [5.74, 6) is 0.00267. The summed E-state index contributed by atoms with van der Waals surface area (Å²) in [6.45, 7) is 1.29. The standard InChI is InChI=1S/C13H16BrNO2/c14-11(10-5-2-1-3-6-10)9-15-13(16)12-7-4-8-17-12/h1-3,5-6,11-12H,4,7-9H2,(H,15,16). The van der Waals surface area contributed by atoms with Gasteiger partial charge in [-0.1, -0.05) is 46.3 Å². The van der Waals surface area contributed by atoms with E-state index in [4.69, 9.17) is 4.74 Å². The van der Waals surface area contributed by atoms with Crippen LogP contribution in [0.4, 0.5) is 0 Å². The lowest BCUT2D eigenvalue weighted by atomic mass is 10.1. The summed E-state index contributed by atoms with van der Waals surface area (Å²) in [7, 11) is 0. The van der Waals surface area contributed by atoms with Gasteiger partial charge in [0.15, 0.2) is 0 Å². The van der Waals surface area contributed by atoms with Crippen LogP contribution in [0.15, 0.2) is 30.3 Å². The minimum Gasteiger partial charge on any atom is -0.368 e. The minimum atomic E-state index is -0.245. The molecule has 0 aromatic heterocycles. The molecule has 4 heteroatoms. The highest BCUT2D eigenvalue weighted by molar-refractivity contribution is 9.09. The number of benzene rings is 1. The molecule has 1 aromatic carbocycles. The van der Waals surface area contributed by atoms with E-state index in [9.17, 15) is 4.79 Å². The molecule has 0 aliphatic carbocycles. The molecular formula is C13H16BrNO2. The molecule has 1 fully saturated rings. The Morgan fingerprint density at radius 2 is 2.24 bits per heavy atom. The Hall–Kier alpha value is -0.870. The van der Waals surface area contributed by atoms with Gasteiger partial charge in [-0.25, -0.2) is 0 Å². The molecule has 1 amide bonds. The normalized spacial score (nSPS) is 21.1. The van der Waals surface area contributed by atoms with E-state index in [0.717, 1.165) is 12.8 Å². The molecule has 0 radical (unpaired) electrons. The molecule has 0 saturated carbocycles. The molecule has 17 heavy (non-hydrogen) atoms. The first-order valence-corrected chi connectivity index (χ1v) is 6.77. The van der Waals surface area contributed by atoms with Crippen molar-refractivity contribution in [3.8, 4) is 0 Å². The fraction of sp³-hybridized carbons (Fsp3) is 0.462. The molecule has 1 saturated heterocycles. The highest BCUT2D eigenvalue weighted by Crippen LogP contribution is 2.21. The van der Waals surface area contributed by atoms with Crippen molar-refractivity contribution in [3.05, 3.63) is 35.9 Å². The summed E-state index contributed by atoms with van der Waals surface area (Å²) in [5, 5.41) is 2.91. The maximum absolute atomic E-state index is 11.7. The molecule has 0 bridgehead atoms. The van der Waals surface area contributed by atoms with Crippen molar-refractivity contribution in [2.24, 2.45) is 0 Å². The SMILES string of the molecule is O=C(NCC(Br)c1ccccc1)C1CCCO1. The number of hydrogen-bond donors (Lipinski definition) is 1. The minimum absolute atomic E-state index is 0.00267. The molecule has 1 aliphatic rings. The Labute approximate surface area is 110 Å². The van der Waals surface area contributed by atoms with Gasteiger partial charge in [-0.15, -0.1) is 0 Å². The van der Waals surface area contributed by atoms with Crippen LogP contribution in [0.1, 0.15) is 23.2 Å². The zero-order valence-corrected chi connectivity index (χ0v) is 11.2. The fourth-order valence-corrected chi connectivity index (χ4v) is 2.34. The lowest BCUT2D eigenvalue weighted by Gasteiger charge is -2.14. The molecule has 92 valence electrons. The number of halogens is 1. The molecule has 2 atom stereocenters. The third-order valence-electron chi connectivity index (χ3n) is 2.84. The summed E-state index contributed by atoms with van der Waals surface area (Å²) in [6.07, 6.45) is 1.57. The van der Waals surface area contributed by atoms with Gasteiger partial charge in [0.1, 0.15) is 6.10 Å². The predicted octanol–water partition coefficient (Wildman–Crippen LogP) is 2.42. The van der Waals surface area contributed by atoms with Gasteiger partial charge in [-0.05, 0) is 18.4 Å². The number of carbonyl (C=O) groups excluding carboxylic acids is 1. The van der Waals surface area contributed by atoms with Crippen molar-refractivity contribution < 1.29 is 9.53 Å². The molecule has 3 nitrogen and oxygen atoms in total. The zero-order valence-electron chi connectivity index (χ0n) is 9.56. The van der Waals surface area contributed by atoms with Gasteiger partial charge < -0.3 is 10.1 Å². The molecular weight excluding hydrogens is 282 g/mol. The number of alkyl halides is 1. The molecule has 1 aliphatic heterocycles. The lowest BCUT2D eigenvalue weighted by molar-refractivity contribution is -0.129. The average molecular weight is 298 g/mol. The number of nitrogens with one attached hydrogen (secondary N) is 1. The Kier molecular flexibility index (Phi) is 4.57. The van der Waals surface area contributed by atoms with Gasteiger partial charge in [-0.3, -0.25) is 4.79 Å². The summed E-state index contributed by atoms with van der Waals surface area (Å²) in [5.41, 5.74) is 1.17. The Morgan fingerprint density at radius 3 is 2.88 bits per heavy atom. The van der Waals surface area contributed by atoms with Crippen LogP contribution in [0, 0.1) is 0 Å². The van der Waals surface area contributed by atoms with E-state index in [0.29, 0.717) is 13.2 Å². The van der Waals surface area contributed by atoms with Gasteiger partial charge in [0.05, 0.1) is 4.83 Å². The Morgan fingerprint density at radius 1 is 1.47 bits per heavy atom. The van der Waals surface area contributed by atoms with Crippen molar-refractivity contribution >= 4 is 21.8 Å². The topological polar surface area (TPSA) is 38.3 Å². The van der Waals surface area contributed by atoms with Gasteiger partial charge in [0.25, 0.3) is 0 Å². The van der Waals surface area contributed by atoms with E-state index in [-0.39, 0.29) is 16.8 Å². The van der Waals surface area contributed by atoms with Crippen LogP contribution in [0.3, 0.4) is 0 Å². The van der Waals surface area contributed by atoms with Crippen molar-refractivity contribution in [2.45, 2.75) is 23.8 Å². The van der Waals surface area contributed by atoms with E-state index in [2.05, 4.69) is 21.2 Å². The predicted molar refractivity (Wildman–Crippen MR) is 70.1 cm³/mol. The van der Waals surface area contributed by atoms with Crippen LogP contribution >= 0.6 is 15.9 Å². The molecule has 2 unspecified atom stereocenters. The van der Waals surface area contributed by atoms with Crippen LogP contribution in [0.5, 0.6) is 0 Å². The van der Waals surface area contributed by atoms with E-state index in [1.54, 1.807) is 0 Å². The molecule has 2 rings (SSSR count). The quantitative estimate of drug-likeness (QED) is 0.867. The number of rotatable bonds is 4. The third-order valence-corrected chi connectivity index (χ3v) is 3.69. The van der Waals surface area contributed by atoms with Crippen LogP contribution in [0.25, 0.3) is 0 Å². The fourth-order valence-electron chi connectivity index (χ4n) is 1.87. The van der Waals surface area contributed by atoms with Gasteiger partial charge in [-0.2, -0.15) is 0 Å². The van der Waals surface area contributed by atoms with Gasteiger partial charge in [0, 0.05) is 13.2 Å². The smallest absolute Gasteiger partial charge is 0.249 e. The first-order chi connectivity index (χ1) is 8.27. The van der Waals surface area contributed by atoms with Crippen molar-refractivity contribution in [3.63, 3.8) is 0 Å². The van der Waals surface area contributed by atoms with Crippen molar-refractivity contribution in [1.29, 1.82) is 0 Å². The summed E-state index contributed by atoms with van der Waals surface area (Å²) in [6, 6.07) is 10.0. The summed E-state index contributed by atoms with van der Waals surface area (Å²) >= 11 is 3.57. The average Bonchev–Trinajstić information content (AvgIpc) is 2.90. The molecule has 1 aromatic rings. The summed E-state index contributed by atoms with van der Waals surface area (Å²) < 4.78 is 5.33. The Balaban J connectivity index is 1.80. The molecule has 1 heterocycles. The maximum Gasteiger partial charge on any atom is 0.249 e. The number of ether oxygens (including phenoxy) is 1. The van der Waals surface area contributed by atoms with E-state index in [1.165, 1.54) is 5.56 Å². The number of hydrogen-bond acceptors (Lipinski definition) is 2. The van der Waals surface area contributed by atoms with Gasteiger partial charge >= 0.3 is 0 Å². The monoisotopic (exact) mass is 297 g/mol.